The molecule has 0 aliphatic carbocycles. The normalized spacial score (nSPS) is 20.3. The van der Waals surface area contributed by atoms with E-state index in [2.05, 4.69) is 17.0 Å². The molecule has 5 heteroatoms. The summed E-state index contributed by atoms with van der Waals surface area (Å²) in [5, 5.41) is 0.623. The van der Waals surface area contributed by atoms with Crippen LogP contribution >= 0.6 is 23.5 Å². The van der Waals surface area contributed by atoms with Crippen molar-refractivity contribution in [2.24, 2.45) is 4.40 Å². The number of benzene rings is 2. The van der Waals surface area contributed by atoms with Gasteiger partial charge in [-0.1, -0.05) is 35.9 Å². The van der Waals surface area contributed by atoms with Crippen molar-refractivity contribution < 1.29 is 4.74 Å². The Kier molecular flexibility index (Phi) is 4.67. The van der Waals surface area contributed by atoms with Gasteiger partial charge in [0.05, 0.1) is 5.02 Å². The highest BCUT2D eigenvalue weighted by molar-refractivity contribution is 7.98. The molecule has 0 amide bonds. The minimum atomic E-state index is 0.404. The molecular weight excluding hydrogens is 340 g/mol. The zero-order valence-electron chi connectivity index (χ0n) is 13.3. The molecule has 1 saturated heterocycles. The predicted octanol–water partition coefficient (Wildman–Crippen LogP) is 5.37. The fraction of sp³-hybridized carbons (Fsp3) is 0.316. The van der Waals surface area contributed by atoms with Crippen LogP contribution in [0.4, 0.5) is 0 Å². The van der Waals surface area contributed by atoms with Crippen molar-refractivity contribution in [3.8, 4) is 11.5 Å². The molecule has 0 radical (unpaired) electrons. The van der Waals surface area contributed by atoms with Crippen molar-refractivity contribution in [1.29, 1.82) is 0 Å². The van der Waals surface area contributed by atoms with Crippen LogP contribution in [-0.2, 0) is 0 Å². The summed E-state index contributed by atoms with van der Waals surface area (Å²) in [6.45, 7) is 2.26. The van der Waals surface area contributed by atoms with Gasteiger partial charge in [-0.2, -0.15) is 0 Å². The second-order valence-electron chi connectivity index (χ2n) is 6.07. The van der Waals surface area contributed by atoms with Crippen LogP contribution in [0.1, 0.15) is 24.3 Å². The number of para-hydroxylation sites is 1. The summed E-state index contributed by atoms with van der Waals surface area (Å²) in [5.74, 6) is 4.24. The molecule has 2 aliphatic rings. The monoisotopic (exact) mass is 358 g/mol. The highest BCUT2D eigenvalue weighted by Crippen LogP contribution is 2.34. The summed E-state index contributed by atoms with van der Waals surface area (Å²) in [4.78, 5) is 2.44. The number of nitrogens with zero attached hydrogens (tertiary/aromatic N) is 2. The topological polar surface area (TPSA) is 24.8 Å². The third-order valence-corrected chi connectivity index (χ3v) is 5.51. The van der Waals surface area contributed by atoms with Crippen molar-refractivity contribution in [2.45, 2.75) is 18.8 Å². The Labute approximate surface area is 151 Å². The second kappa shape index (κ2) is 7.08. The summed E-state index contributed by atoms with van der Waals surface area (Å²) in [6, 6.07) is 15.9. The van der Waals surface area contributed by atoms with Gasteiger partial charge in [0, 0.05) is 24.8 Å². The van der Waals surface area contributed by atoms with Gasteiger partial charge in [0.25, 0.3) is 0 Å². The van der Waals surface area contributed by atoms with Crippen molar-refractivity contribution in [2.75, 3.05) is 18.8 Å². The highest BCUT2D eigenvalue weighted by Gasteiger charge is 2.29. The van der Waals surface area contributed by atoms with Crippen LogP contribution in [0.25, 0.3) is 0 Å². The van der Waals surface area contributed by atoms with Crippen molar-refractivity contribution in [3.05, 3.63) is 59.1 Å². The highest BCUT2D eigenvalue weighted by atomic mass is 35.5. The molecule has 1 atom stereocenters. The SMILES string of the molecule is Clc1ccccc1Oc1ccc(C2CCCN3CCSN=C23)cc1. The second-order valence-corrected chi connectivity index (χ2v) is 7.32. The van der Waals surface area contributed by atoms with Crippen LogP contribution in [0.15, 0.2) is 52.9 Å². The molecule has 124 valence electrons. The Morgan fingerprint density at radius 2 is 1.92 bits per heavy atom. The van der Waals surface area contributed by atoms with E-state index in [0.29, 0.717) is 16.7 Å². The molecule has 2 aliphatic heterocycles. The number of fused-ring (bicyclic) bond motifs is 1. The first-order valence-corrected chi connectivity index (χ1v) is 9.60. The standard InChI is InChI=1S/C19H19ClN2OS/c20-17-5-1-2-6-18(17)23-15-9-7-14(8-10-15)16-4-3-11-22-12-13-24-21-19(16)22/h1-2,5-10,16H,3-4,11-13H2. The number of piperidine rings is 1. The largest absolute Gasteiger partial charge is 0.456 e. The molecule has 1 unspecified atom stereocenters. The first kappa shape index (κ1) is 15.9. The molecule has 2 heterocycles. The lowest BCUT2D eigenvalue weighted by molar-refractivity contribution is 0.371. The van der Waals surface area contributed by atoms with E-state index >= 15 is 0 Å². The molecule has 2 aromatic rings. The molecule has 1 fully saturated rings. The number of rotatable bonds is 3. The van der Waals surface area contributed by atoms with Gasteiger partial charge in [-0.25, -0.2) is 4.40 Å². The Balaban J connectivity index is 1.53. The van der Waals surface area contributed by atoms with Gasteiger partial charge in [-0.05, 0) is 54.6 Å². The molecule has 0 spiro atoms. The zero-order chi connectivity index (χ0) is 16.4. The number of halogens is 1. The Bertz CT molecular complexity index is 747. The van der Waals surface area contributed by atoms with Crippen LogP contribution in [0, 0.1) is 0 Å². The number of ether oxygens (including phenoxy) is 1. The van der Waals surface area contributed by atoms with Crippen molar-refractivity contribution in [1.82, 2.24) is 4.90 Å². The molecule has 0 bridgehead atoms. The van der Waals surface area contributed by atoms with E-state index in [1.54, 1.807) is 11.9 Å². The van der Waals surface area contributed by atoms with Gasteiger partial charge in [-0.3, -0.25) is 0 Å². The van der Waals surface area contributed by atoms with E-state index in [9.17, 15) is 0 Å². The van der Waals surface area contributed by atoms with Gasteiger partial charge >= 0.3 is 0 Å². The van der Waals surface area contributed by atoms with E-state index in [0.717, 1.165) is 24.6 Å². The summed E-state index contributed by atoms with van der Waals surface area (Å²) in [5.41, 5.74) is 1.31. The number of hydrogen-bond donors (Lipinski definition) is 0. The molecule has 24 heavy (non-hydrogen) atoms. The quantitative estimate of drug-likeness (QED) is 0.689. The molecule has 0 N–H and O–H groups in total. The lowest BCUT2D eigenvalue weighted by Gasteiger charge is -2.37. The van der Waals surface area contributed by atoms with Gasteiger partial charge < -0.3 is 9.64 Å². The average molecular weight is 359 g/mol. The number of hydrogen-bond acceptors (Lipinski definition) is 4. The molecule has 4 rings (SSSR count). The van der Waals surface area contributed by atoms with Gasteiger partial charge in [0.1, 0.15) is 17.3 Å². The van der Waals surface area contributed by atoms with E-state index in [1.807, 2.05) is 36.4 Å². The maximum atomic E-state index is 6.15. The Morgan fingerprint density at radius 3 is 2.75 bits per heavy atom. The predicted molar refractivity (Wildman–Crippen MR) is 101 cm³/mol. The lowest BCUT2D eigenvalue weighted by atomic mass is 9.89. The van der Waals surface area contributed by atoms with Crippen LogP contribution in [0.2, 0.25) is 5.02 Å². The van der Waals surface area contributed by atoms with E-state index in [-0.39, 0.29) is 0 Å². The van der Waals surface area contributed by atoms with E-state index < -0.39 is 0 Å². The summed E-state index contributed by atoms with van der Waals surface area (Å²) in [7, 11) is 0. The first-order chi connectivity index (χ1) is 11.8. The summed E-state index contributed by atoms with van der Waals surface area (Å²) < 4.78 is 10.6. The van der Waals surface area contributed by atoms with E-state index in [4.69, 9.17) is 20.7 Å². The third kappa shape index (κ3) is 3.26. The summed E-state index contributed by atoms with van der Waals surface area (Å²) >= 11 is 7.85. The van der Waals surface area contributed by atoms with Gasteiger partial charge in [0.2, 0.25) is 0 Å². The first-order valence-electron chi connectivity index (χ1n) is 8.28. The Hall–Kier alpha value is -1.65. The average Bonchev–Trinajstić information content (AvgIpc) is 2.64. The summed E-state index contributed by atoms with van der Waals surface area (Å²) in [6.07, 6.45) is 2.40. The lowest BCUT2D eigenvalue weighted by Crippen LogP contribution is -2.42. The molecular formula is C19H19ClN2OS. The maximum absolute atomic E-state index is 6.15. The smallest absolute Gasteiger partial charge is 0.146 e. The third-order valence-electron chi connectivity index (χ3n) is 4.51. The molecule has 0 saturated carbocycles. The van der Waals surface area contributed by atoms with E-state index in [1.165, 1.54) is 24.2 Å². The number of amidine groups is 1. The maximum Gasteiger partial charge on any atom is 0.146 e. The minimum absolute atomic E-state index is 0.404. The fourth-order valence-electron chi connectivity index (χ4n) is 3.30. The van der Waals surface area contributed by atoms with Crippen LogP contribution in [0.3, 0.4) is 0 Å². The van der Waals surface area contributed by atoms with Crippen molar-refractivity contribution >= 4 is 29.4 Å². The fourth-order valence-corrected chi connectivity index (χ4v) is 4.24. The van der Waals surface area contributed by atoms with Crippen LogP contribution < -0.4 is 4.74 Å². The molecule has 0 aromatic heterocycles. The van der Waals surface area contributed by atoms with Gasteiger partial charge in [-0.15, -0.1) is 0 Å². The zero-order valence-corrected chi connectivity index (χ0v) is 14.9. The molecule has 2 aromatic carbocycles. The van der Waals surface area contributed by atoms with Crippen LogP contribution in [-0.4, -0.2) is 29.6 Å². The molecule has 3 nitrogen and oxygen atoms in total. The Morgan fingerprint density at radius 1 is 1.08 bits per heavy atom. The van der Waals surface area contributed by atoms with Gasteiger partial charge in [0.15, 0.2) is 0 Å². The van der Waals surface area contributed by atoms with Crippen LogP contribution in [0.5, 0.6) is 11.5 Å². The minimum Gasteiger partial charge on any atom is -0.456 e. The van der Waals surface area contributed by atoms with Crippen molar-refractivity contribution in [3.63, 3.8) is 0 Å².